The van der Waals surface area contributed by atoms with Crippen LogP contribution in [-0.2, 0) is 0 Å². The number of hydrogen-bond donors (Lipinski definition) is 0. The van der Waals surface area contributed by atoms with Gasteiger partial charge in [0.1, 0.15) is 11.5 Å². The molecule has 0 saturated carbocycles. The Bertz CT molecular complexity index is 456. The predicted molar refractivity (Wildman–Crippen MR) is 70.7 cm³/mol. The first-order valence-electron chi connectivity index (χ1n) is 4.95. The summed E-state index contributed by atoms with van der Waals surface area (Å²) in [5.74, 6) is -1.36. The van der Waals surface area contributed by atoms with Gasteiger partial charge in [-0.1, -0.05) is 0 Å². The summed E-state index contributed by atoms with van der Waals surface area (Å²) >= 11 is 4.08. The summed E-state index contributed by atoms with van der Waals surface area (Å²) in [7, 11) is 0. The monoisotopic (exact) mass is 322 g/mol. The second-order valence-corrected chi connectivity index (χ2v) is 6.90. The van der Waals surface area contributed by atoms with E-state index in [1.54, 1.807) is 6.92 Å². The molecule has 0 unspecified atom stereocenters. The SMILES string of the molecule is Cc1cc(F)c(Br)c(F)c1/N=N/SC(C)(C)C. The third-order valence-electron chi connectivity index (χ3n) is 1.78. The third kappa shape index (κ3) is 4.03. The van der Waals surface area contributed by atoms with Gasteiger partial charge >= 0.3 is 0 Å². The lowest BCUT2D eigenvalue weighted by atomic mass is 10.2. The Hall–Kier alpha value is -0.490. The highest BCUT2D eigenvalue weighted by molar-refractivity contribution is 9.10. The fraction of sp³-hybridized carbons (Fsp3) is 0.455. The number of rotatable bonds is 2. The van der Waals surface area contributed by atoms with Crippen molar-refractivity contribution in [2.75, 3.05) is 0 Å². The van der Waals surface area contributed by atoms with E-state index in [4.69, 9.17) is 0 Å². The van der Waals surface area contributed by atoms with Gasteiger partial charge in [0.25, 0.3) is 0 Å². The molecule has 6 heteroatoms. The van der Waals surface area contributed by atoms with Crippen molar-refractivity contribution in [2.45, 2.75) is 32.4 Å². The molecule has 0 bridgehead atoms. The van der Waals surface area contributed by atoms with E-state index in [1.807, 2.05) is 20.8 Å². The fourth-order valence-corrected chi connectivity index (χ4v) is 1.68. The van der Waals surface area contributed by atoms with Crippen molar-refractivity contribution in [3.63, 3.8) is 0 Å². The molecule has 0 spiro atoms. The van der Waals surface area contributed by atoms with Crippen LogP contribution in [0.5, 0.6) is 0 Å². The Morgan fingerprint density at radius 2 is 1.88 bits per heavy atom. The van der Waals surface area contributed by atoms with Crippen molar-refractivity contribution in [1.29, 1.82) is 0 Å². The van der Waals surface area contributed by atoms with Crippen molar-refractivity contribution >= 4 is 33.6 Å². The van der Waals surface area contributed by atoms with Crippen LogP contribution < -0.4 is 0 Å². The van der Waals surface area contributed by atoms with Gasteiger partial charge in [-0.2, -0.15) is 0 Å². The normalized spacial score (nSPS) is 12.4. The van der Waals surface area contributed by atoms with Crippen molar-refractivity contribution in [1.82, 2.24) is 0 Å². The molecule has 0 aliphatic heterocycles. The average molecular weight is 323 g/mol. The minimum absolute atomic E-state index is 0.0648. The van der Waals surface area contributed by atoms with Gasteiger partial charge in [-0.05, 0) is 55.3 Å². The number of halogens is 3. The zero-order valence-corrected chi connectivity index (χ0v) is 12.4. The van der Waals surface area contributed by atoms with Crippen LogP contribution in [0.15, 0.2) is 20.2 Å². The molecule has 0 aromatic heterocycles. The van der Waals surface area contributed by atoms with Gasteiger partial charge in [-0.3, -0.25) is 0 Å². The van der Waals surface area contributed by atoms with E-state index < -0.39 is 11.6 Å². The van der Waals surface area contributed by atoms with Gasteiger partial charge in [0.05, 0.1) is 4.47 Å². The van der Waals surface area contributed by atoms with Crippen LogP contribution in [0.2, 0.25) is 0 Å². The van der Waals surface area contributed by atoms with Crippen LogP contribution in [0.1, 0.15) is 26.3 Å². The third-order valence-corrected chi connectivity index (χ3v) is 3.22. The fourth-order valence-electron chi connectivity index (χ4n) is 1.01. The number of nitrogens with zero attached hydrogens (tertiary/aromatic N) is 2. The lowest BCUT2D eigenvalue weighted by Gasteiger charge is -2.11. The zero-order valence-electron chi connectivity index (χ0n) is 10.0. The van der Waals surface area contributed by atoms with Gasteiger partial charge in [0.15, 0.2) is 5.82 Å². The Balaban J connectivity index is 3.04. The van der Waals surface area contributed by atoms with Gasteiger partial charge < -0.3 is 0 Å². The molecular formula is C11H13BrF2N2S. The molecule has 0 saturated heterocycles. The molecule has 0 atom stereocenters. The summed E-state index contributed by atoms with van der Waals surface area (Å²) in [4.78, 5) is 0. The van der Waals surface area contributed by atoms with Crippen LogP contribution in [0.4, 0.5) is 14.5 Å². The maximum absolute atomic E-state index is 13.7. The molecule has 1 rings (SSSR count). The summed E-state index contributed by atoms with van der Waals surface area (Å²) in [6, 6.07) is 1.23. The highest BCUT2D eigenvalue weighted by Gasteiger charge is 2.15. The first-order chi connectivity index (χ1) is 7.72. The Morgan fingerprint density at radius 3 is 2.41 bits per heavy atom. The van der Waals surface area contributed by atoms with E-state index >= 15 is 0 Å². The van der Waals surface area contributed by atoms with Crippen molar-refractivity contribution < 1.29 is 8.78 Å². The van der Waals surface area contributed by atoms with Crippen molar-refractivity contribution in [3.8, 4) is 0 Å². The van der Waals surface area contributed by atoms with Crippen LogP contribution >= 0.6 is 27.9 Å². The minimum Gasteiger partial charge on any atom is -0.206 e. The highest BCUT2D eigenvalue weighted by atomic mass is 79.9. The minimum atomic E-state index is -0.722. The average Bonchev–Trinajstić information content (AvgIpc) is 2.18. The summed E-state index contributed by atoms with van der Waals surface area (Å²) in [6.07, 6.45) is 0. The molecule has 17 heavy (non-hydrogen) atoms. The number of benzene rings is 1. The van der Waals surface area contributed by atoms with Gasteiger partial charge in [-0.25, -0.2) is 8.78 Å². The molecule has 0 fully saturated rings. The lowest BCUT2D eigenvalue weighted by molar-refractivity contribution is 0.571. The van der Waals surface area contributed by atoms with E-state index in [0.717, 1.165) is 0 Å². The smallest absolute Gasteiger partial charge is 0.168 e. The molecule has 0 N–H and O–H groups in total. The van der Waals surface area contributed by atoms with Crippen molar-refractivity contribution in [3.05, 3.63) is 27.7 Å². The van der Waals surface area contributed by atoms with Crippen LogP contribution in [0, 0.1) is 18.6 Å². The molecule has 94 valence electrons. The molecule has 0 radical (unpaired) electrons. The largest absolute Gasteiger partial charge is 0.206 e. The molecule has 0 aliphatic rings. The van der Waals surface area contributed by atoms with Gasteiger partial charge in [-0.15, -0.1) is 9.63 Å². The highest BCUT2D eigenvalue weighted by Crippen LogP contribution is 2.33. The summed E-state index contributed by atoms with van der Waals surface area (Å²) in [5, 5.41) is 3.81. The summed E-state index contributed by atoms with van der Waals surface area (Å²) in [5.41, 5.74) is 0.483. The quantitative estimate of drug-likeness (QED) is 0.397. The van der Waals surface area contributed by atoms with Crippen LogP contribution in [0.3, 0.4) is 0 Å². The van der Waals surface area contributed by atoms with E-state index in [0.29, 0.717) is 5.56 Å². The van der Waals surface area contributed by atoms with Crippen LogP contribution in [-0.4, -0.2) is 4.75 Å². The number of aryl methyl sites for hydroxylation is 1. The van der Waals surface area contributed by atoms with Crippen molar-refractivity contribution in [2.24, 2.45) is 9.63 Å². The first-order valence-corrected chi connectivity index (χ1v) is 6.52. The predicted octanol–water partition coefficient (Wildman–Crippen LogP) is 5.57. The lowest BCUT2D eigenvalue weighted by Crippen LogP contribution is -2.04. The molecule has 1 aromatic carbocycles. The Morgan fingerprint density at radius 1 is 1.29 bits per heavy atom. The zero-order chi connectivity index (χ0) is 13.2. The first kappa shape index (κ1) is 14.6. The standard InChI is InChI=1S/C11H13BrF2N2S/c1-6-5-7(13)8(12)9(14)10(6)15-16-17-11(2,3)4/h5H,1-4H3/b16-15+. The topological polar surface area (TPSA) is 24.7 Å². The Labute approximate surface area is 112 Å². The molecule has 1 aromatic rings. The number of hydrogen-bond acceptors (Lipinski definition) is 3. The van der Waals surface area contributed by atoms with E-state index in [-0.39, 0.29) is 14.9 Å². The van der Waals surface area contributed by atoms with Gasteiger partial charge in [0, 0.05) is 16.7 Å². The summed E-state index contributed by atoms with van der Waals surface area (Å²) in [6.45, 7) is 7.51. The van der Waals surface area contributed by atoms with E-state index in [9.17, 15) is 8.78 Å². The van der Waals surface area contributed by atoms with Crippen LogP contribution in [0.25, 0.3) is 0 Å². The maximum Gasteiger partial charge on any atom is 0.168 e. The summed E-state index contributed by atoms with van der Waals surface area (Å²) < 4.78 is 30.4. The van der Waals surface area contributed by atoms with Gasteiger partial charge in [0.2, 0.25) is 0 Å². The van der Waals surface area contributed by atoms with E-state index in [1.165, 1.54) is 18.0 Å². The van der Waals surface area contributed by atoms with E-state index in [2.05, 4.69) is 25.6 Å². The molecule has 0 heterocycles. The Kier molecular flexibility index (Phi) is 4.66. The second-order valence-electron chi connectivity index (χ2n) is 4.54. The molecule has 2 nitrogen and oxygen atoms in total. The maximum atomic E-state index is 13.7. The second kappa shape index (κ2) is 5.44. The molecular weight excluding hydrogens is 310 g/mol. The molecule has 0 amide bonds. The molecule has 0 aliphatic carbocycles.